The first kappa shape index (κ1) is 23.4. The van der Waals surface area contributed by atoms with Crippen LogP contribution in [-0.2, 0) is 35.1 Å². The van der Waals surface area contributed by atoms with E-state index in [1.807, 2.05) is 30.3 Å². The number of carbonyl (C=O) groups is 3. The molecule has 1 unspecified atom stereocenters. The summed E-state index contributed by atoms with van der Waals surface area (Å²) < 4.78 is 22.7. The second-order valence-electron chi connectivity index (χ2n) is 8.97. The fraction of sp³-hybridized carbons (Fsp3) is 0.609. The predicted molar refractivity (Wildman–Crippen MR) is 111 cm³/mol. The molecule has 2 aliphatic rings. The molecule has 0 bridgehead atoms. The summed E-state index contributed by atoms with van der Waals surface area (Å²) in [6, 6.07) is 9.89. The predicted octanol–water partition coefficient (Wildman–Crippen LogP) is 2.73. The summed E-state index contributed by atoms with van der Waals surface area (Å²) in [7, 11) is 0. The molecule has 0 aliphatic carbocycles. The third-order valence-electron chi connectivity index (χ3n) is 5.10. The van der Waals surface area contributed by atoms with E-state index < -0.39 is 23.5 Å². The molecule has 170 valence electrons. The van der Waals surface area contributed by atoms with Crippen LogP contribution in [0.2, 0.25) is 0 Å². The van der Waals surface area contributed by atoms with Crippen molar-refractivity contribution in [2.45, 2.75) is 58.0 Å². The number of benzene rings is 1. The van der Waals surface area contributed by atoms with Crippen LogP contribution in [0.5, 0.6) is 0 Å². The topological polar surface area (TPSA) is 91.4 Å². The van der Waals surface area contributed by atoms with E-state index in [9.17, 15) is 14.4 Å². The average molecular weight is 434 g/mol. The Hall–Kier alpha value is -2.29. The Bertz CT molecular complexity index is 766. The van der Waals surface area contributed by atoms with Gasteiger partial charge < -0.3 is 18.9 Å². The van der Waals surface area contributed by atoms with Gasteiger partial charge in [0.05, 0.1) is 39.0 Å². The molecule has 2 aliphatic heterocycles. The standard InChI is InChI=1S/C23H31NO7/c1-23(2,3)31-22(27)24-11-17(20(25)10-21(24)26)9-18-14-30-19(15-29-18)13-28-12-16-7-5-4-6-8-16/h4-8,17-19H,9-15H2,1-3H3/t17?,18-,19+/m0/s1. The van der Waals surface area contributed by atoms with Crippen molar-refractivity contribution in [3.63, 3.8) is 0 Å². The molecule has 0 aromatic heterocycles. The Morgan fingerprint density at radius 1 is 1.10 bits per heavy atom. The lowest BCUT2D eigenvalue weighted by Gasteiger charge is -2.35. The molecule has 8 heteroatoms. The molecule has 1 aromatic carbocycles. The Kier molecular flexibility index (Phi) is 7.80. The Morgan fingerprint density at radius 3 is 2.42 bits per heavy atom. The second-order valence-corrected chi connectivity index (χ2v) is 8.97. The molecule has 0 radical (unpaired) electrons. The monoisotopic (exact) mass is 433 g/mol. The fourth-order valence-corrected chi connectivity index (χ4v) is 3.53. The molecule has 0 saturated carbocycles. The molecule has 2 amide bonds. The van der Waals surface area contributed by atoms with E-state index in [0.29, 0.717) is 32.8 Å². The van der Waals surface area contributed by atoms with Crippen LogP contribution in [0.3, 0.4) is 0 Å². The van der Waals surface area contributed by atoms with E-state index in [-0.39, 0.29) is 31.0 Å². The van der Waals surface area contributed by atoms with Gasteiger partial charge in [-0.2, -0.15) is 0 Å². The molecule has 8 nitrogen and oxygen atoms in total. The maximum absolute atomic E-state index is 12.4. The number of imide groups is 1. The first-order valence-electron chi connectivity index (χ1n) is 10.6. The first-order valence-corrected chi connectivity index (χ1v) is 10.6. The second kappa shape index (κ2) is 10.3. The Morgan fingerprint density at radius 2 is 1.77 bits per heavy atom. The minimum atomic E-state index is -0.716. The van der Waals surface area contributed by atoms with Gasteiger partial charge in [0.15, 0.2) is 0 Å². The third kappa shape index (κ3) is 7.12. The summed E-state index contributed by atoms with van der Waals surface area (Å²) in [6.45, 7) is 6.84. The van der Waals surface area contributed by atoms with Crippen molar-refractivity contribution in [2.24, 2.45) is 5.92 Å². The maximum atomic E-state index is 12.4. The summed E-state index contributed by atoms with van der Waals surface area (Å²) in [5.41, 5.74) is 0.378. The van der Waals surface area contributed by atoms with Crippen LogP contribution < -0.4 is 0 Å². The molecule has 0 spiro atoms. The van der Waals surface area contributed by atoms with E-state index in [1.165, 1.54) is 0 Å². The molecule has 2 heterocycles. The average Bonchev–Trinajstić information content (AvgIpc) is 2.70. The fourth-order valence-electron chi connectivity index (χ4n) is 3.53. The first-order chi connectivity index (χ1) is 14.7. The van der Waals surface area contributed by atoms with Crippen LogP contribution in [0.25, 0.3) is 0 Å². The number of nitrogens with zero attached hydrogens (tertiary/aromatic N) is 1. The number of likely N-dealkylation sites (tertiary alicyclic amines) is 1. The van der Waals surface area contributed by atoms with Crippen molar-refractivity contribution < 1.29 is 33.3 Å². The van der Waals surface area contributed by atoms with Gasteiger partial charge in [0, 0.05) is 12.5 Å². The van der Waals surface area contributed by atoms with Gasteiger partial charge in [-0.15, -0.1) is 0 Å². The van der Waals surface area contributed by atoms with Gasteiger partial charge in [0.1, 0.15) is 17.5 Å². The summed E-state index contributed by atoms with van der Waals surface area (Å²) in [4.78, 5) is 37.9. The van der Waals surface area contributed by atoms with Gasteiger partial charge in [-0.1, -0.05) is 30.3 Å². The zero-order chi connectivity index (χ0) is 22.4. The van der Waals surface area contributed by atoms with Crippen LogP contribution in [0.4, 0.5) is 4.79 Å². The summed E-state index contributed by atoms with van der Waals surface area (Å²) in [5.74, 6) is -1.18. The van der Waals surface area contributed by atoms with E-state index in [4.69, 9.17) is 18.9 Å². The van der Waals surface area contributed by atoms with Crippen molar-refractivity contribution in [3.8, 4) is 0 Å². The number of amides is 2. The van der Waals surface area contributed by atoms with Crippen molar-refractivity contribution in [2.75, 3.05) is 26.4 Å². The molecule has 0 N–H and O–H groups in total. The maximum Gasteiger partial charge on any atom is 0.417 e. The lowest BCUT2D eigenvalue weighted by atomic mass is 9.90. The van der Waals surface area contributed by atoms with Gasteiger partial charge in [0.25, 0.3) is 0 Å². The van der Waals surface area contributed by atoms with Crippen molar-refractivity contribution in [1.29, 1.82) is 0 Å². The molecule has 3 rings (SSSR count). The number of carbonyl (C=O) groups excluding carboxylic acids is 3. The van der Waals surface area contributed by atoms with Crippen molar-refractivity contribution >= 4 is 17.8 Å². The molecule has 2 fully saturated rings. The zero-order valence-electron chi connectivity index (χ0n) is 18.4. The summed E-state index contributed by atoms with van der Waals surface area (Å²) in [6.07, 6.45) is -1.06. The van der Waals surface area contributed by atoms with Crippen LogP contribution >= 0.6 is 0 Å². The minimum absolute atomic E-state index is 0.00998. The van der Waals surface area contributed by atoms with E-state index >= 15 is 0 Å². The van der Waals surface area contributed by atoms with Gasteiger partial charge in [-0.05, 0) is 32.8 Å². The van der Waals surface area contributed by atoms with E-state index in [2.05, 4.69) is 0 Å². The number of piperidine rings is 1. The highest BCUT2D eigenvalue weighted by molar-refractivity contribution is 6.06. The van der Waals surface area contributed by atoms with Gasteiger partial charge >= 0.3 is 6.09 Å². The number of hydrogen-bond acceptors (Lipinski definition) is 7. The van der Waals surface area contributed by atoms with Crippen molar-refractivity contribution in [3.05, 3.63) is 35.9 Å². The normalized spacial score (nSPS) is 24.9. The summed E-state index contributed by atoms with van der Waals surface area (Å²) in [5, 5.41) is 0. The largest absolute Gasteiger partial charge is 0.443 e. The number of ketones is 1. The lowest BCUT2D eigenvalue weighted by Crippen LogP contribution is -2.51. The van der Waals surface area contributed by atoms with Gasteiger partial charge in [0.2, 0.25) is 5.91 Å². The molecule has 31 heavy (non-hydrogen) atoms. The van der Waals surface area contributed by atoms with Crippen LogP contribution in [0, 0.1) is 5.92 Å². The Balaban J connectivity index is 1.43. The lowest BCUT2D eigenvalue weighted by molar-refractivity contribution is -0.162. The molecular formula is C23H31NO7. The molecule has 1 aromatic rings. The molecular weight excluding hydrogens is 402 g/mol. The number of Topliss-reactive ketones (excluding diaryl/α,β-unsaturated/α-hetero) is 1. The SMILES string of the molecule is CC(C)(C)OC(=O)N1CC(C[C@H]2CO[C@H](COCc3ccccc3)CO2)C(=O)CC1=O. The third-order valence-corrected chi connectivity index (χ3v) is 5.10. The minimum Gasteiger partial charge on any atom is -0.443 e. The van der Waals surface area contributed by atoms with Crippen LogP contribution in [0.15, 0.2) is 30.3 Å². The molecule has 2 saturated heterocycles. The van der Waals surface area contributed by atoms with E-state index in [1.54, 1.807) is 20.8 Å². The van der Waals surface area contributed by atoms with E-state index in [0.717, 1.165) is 10.5 Å². The quantitative estimate of drug-likeness (QED) is 0.637. The van der Waals surface area contributed by atoms with Gasteiger partial charge in [-0.3, -0.25) is 9.59 Å². The zero-order valence-corrected chi connectivity index (χ0v) is 18.4. The summed E-state index contributed by atoms with van der Waals surface area (Å²) >= 11 is 0. The number of rotatable bonds is 6. The Labute approximate surface area is 182 Å². The van der Waals surface area contributed by atoms with Gasteiger partial charge in [-0.25, -0.2) is 9.69 Å². The van der Waals surface area contributed by atoms with Crippen LogP contribution in [0.1, 0.15) is 39.2 Å². The number of ether oxygens (including phenoxy) is 4. The highest BCUT2D eigenvalue weighted by Gasteiger charge is 2.39. The highest BCUT2D eigenvalue weighted by Crippen LogP contribution is 2.24. The highest BCUT2D eigenvalue weighted by atomic mass is 16.6. The smallest absolute Gasteiger partial charge is 0.417 e. The number of hydrogen-bond donors (Lipinski definition) is 0. The van der Waals surface area contributed by atoms with Crippen molar-refractivity contribution in [1.82, 2.24) is 4.90 Å². The molecule has 3 atom stereocenters. The van der Waals surface area contributed by atoms with Crippen LogP contribution in [-0.4, -0.2) is 66.9 Å².